The zero-order chi connectivity index (χ0) is 15.3. The third kappa shape index (κ3) is 4.69. The molecule has 1 saturated heterocycles. The lowest BCUT2D eigenvalue weighted by molar-refractivity contribution is 0.0722. The molecule has 1 aliphatic rings. The normalized spacial score (nSPS) is 19.2. The van der Waals surface area contributed by atoms with Crippen molar-refractivity contribution in [3.8, 4) is 0 Å². The van der Waals surface area contributed by atoms with Gasteiger partial charge < -0.3 is 15.7 Å². The molecule has 0 aromatic carbocycles. The number of thioether (sulfide) groups is 1. The van der Waals surface area contributed by atoms with Crippen molar-refractivity contribution in [3.63, 3.8) is 0 Å². The number of carbonyl (C=O) groups excluding carboxylic acids is 1. The summed E-state index contributed by atoms with van der Waals surface area (Å²) in [6.45, 7) is 3.83. The summed E-state index contributed by atoms with van der Waals surface area (Å²) in [5.41, 5.74) is -0.617. The Balaban J connectivity index is 1.89. The van der Waals surface area contributed by atoms with E-state index >= 15 is 0 Å². The third-order valence-corrected chi connectivity index (χ3v) is 4.42. The minimum Gasteiger partial charge on any atom is -0.387 e. The van der Waals surface area contributed by atoms with E-state index in [0.29, 0.717) is 17.5 Å². The second kappa shape index (κ2) is 7.24. The first-order valence-corrected chi connectivity index (χ1v) is 8.53. The van der Waals surface area contributed by atoms with Crippen molar-refractivity contribution < 1.29 is 9.90 Å². The van der Waals surface area contributed by atoms with Crippen molar-refractivity contribution in [2.24, 2.45) is 0 Å². The fraction of sp³-hybridized carbons (Fsp3) is 0.769. The molecule has 0 bridgehead atoms. The highest BCUT2D eigenvalue weighted by Gasteiger charge is 2.23. The van der Waals surface area contributed by atoms with Crippen LogP contribution >= 0.6 is 11.8 Å². The molecular formula is C13H23N5O2S. The van der Waals surface area contributed by atoms with Crippen LogP contribution in [0.5, 0.6) is 0 Å². The fourth-order valence-electron chi connectivity index (χ4n) is 2.35. The van der Waals surface area contributed by atoms with Crippen LogP contribution in [-0.2, 0) is 0 Å². The first-order chi connectivity index (χ1) is 10.0. The van der Waals surface area contributed by atoms with Gasteiger partial charge in [-0.15, -0.1) is 5.10 Å². The maximum atomic E-state index is 12.0. The molecule has 0 aliphatic carbocycles. The zero-order valence-electron chi connectivity index (χ0n) is 12.5. The zero-order valence-corrected chi connectivity index (χ0v) is 13.3. The van der Waals surface area contributed by atoms with Crippen LogP contribution in [0.15, 0.2) is 6.20 Å². The van der Waals surface area contributed by atoms with Gasteiger partial charge >= 0.3 is 0 Å². The molecule has 0 saturated carbocycles. The second-order valence-corrected chi connectivity index (χ2v) is 6.54. The van der Waals surface area contributed by atoms with Gasteiger partial charge in [-0.25, -0.2) is 4.68 Å². The van der Waals surface area contributed by atoms with E-state index in [1.165, 1.54) is 11.8 Å². The smallest absolute Gasteiger partial charge is 0.273 e. The molecule has 8 heteroatoms. The summed E-state index contributed by atoms with van der Waals surface area (Å²) in [5, 5.41) is 24.0. The molecule has 1 aliphatic heterocycles. The Morgan fingerprint density at radius 3 is 3.00 bits per heavy atom. The summed E-state index contributed by atoms with van der Waals surface area (Å²) < 4.78 is 1.77. The highest BCUT2D eigenvalue weighted by Crippen LogP contribution is 2.17. The minimum atomic E-state index is -0.917. The molecule has 3 N–H and O–H groups in total. The van der Waals surface area contributed by atoms with Crippen LogP contribution in [0.1, 0.15) is 36.3 Å². The van der Waals surface area contributed by atoms with Crippen LogP contribution in [0.2, 0.25) is 0 Å². The van der Waals surface area contributed by atoms with Crippen molar-refractivity contribution in [3.05, 3.63) is 11.9 Å². The maximum Gasteiger partial charge on any atom is 0.273 e. The number of carbonyl (C=O) groups is 1. The standard InChI is InChI=1S/C13H23N5O2S/c1-13(20,9-21-2)8-15-12(19)11-7-18(17-16-11)10-3-5-14-6-4-10/h7,10,14,20H,3-6,8-9H2,1-2H3,(H,15,19). The number of hydrogen-bond donors (Lipinski definition) is 3. The van der Waals surface area contributed by atoms with Crippen LogP contribution in [0.3, 0.4) is 0 Å². The first-order valence-electron chi connectivity index (χ1n) is 7.14. The van der Waals surface area contributed by atoms with E-state index in [2.05, 4.69) is 20.9 Å². The molecule has 1 atom stereocenters. The third-order valence-electron chi connectivity index (χ3n) is 3.51. The van der Waals surface area contributed by atoms with Crippen LogP contribution in [-0.4, -0.2) is 63.3 Å². The van der Waals surface area contributed by atoms with Gasteiger partial charge in [0.2, 0.25) is 0 Å². The topological polar surface area (TPSA) is 92.1 Å². The van der Waals surface area contributed by atoms with Crippen LogP contribution in [0.25, 0.3) is 0 Å². The number of aromatic nitrogens is 3. The summed E-state index contributed by atoms with van der Waals surface area (Å²) in [5.74, 6) is 0.270. The van der Waals surface area contributed by atoms with Gasteiger partial charge in [-0.1, -0.05) is 5.21 Å². The molecule has 2 heterocycles. The van der Waals surface area contributed by atoms with Gasteiger partial charge in [0.05, 0.1) is 17.8 Å². The molecule has 0 spiro atoms. The van der Waals surface area contributed by atoms with Crippen molar-refractivity contribution in [1.29, 1.82) is 0 Å². The van der Waals surface area contributed by atoms with E-state index in [1.54, 1.807) is 17.8 Å². The fourth-order valence-corrected chi connectivity index (χ4v) is 3.08. The first kappa shape index (κ1) is 16.3. The van der Waals surface area contributed by atoms with Crippen LogP contribution in [0, 0.1) is 0 Å². The molecular weight excluding hydrogens is 290 g/mol. The van der Waals surface area contributed by atoms with Crippen LogP contribution in [0.4, 0.5) is 0 Å². The lowest BCUT2D eigenvalue weighted by Crippen LogP contribution is -2.42. The van der Waals surface area contributed by atoms with E-state index in [9.17, 15) is 9.90 Å². The molecule has 1 aromatic heterocycles. The van der Waals surface area contributed by atoms with Crippen LogP contribution < -0.4 is 10.6 Å². The number of hydrogen-bond acceptors (Lipinski definition) is 6. The van der Waals surface area contributed by atoms with Gasteiger partial charge in [0.25, 0.3) is 5.91 Å². The SMILES string of the molecule is CSCC(C)(O)CNC(=O)c1cn(C2CCNCC2)nn1. The van der Waals surface area contributed by atoms with Gasteiger partial charge in [-0.2, -0.15) is 11.8 Å². The maximum absolute atomic E-state index is 12.0. The quantitative estimate of drug-likeness (QED) is 0.687. The summed E-state index contributed by atoms with van der Waals surface area (Å²) in [4.78, 5) is 12.0. The highest BCUT2D eigenvalue weighted by molar-refractivity contribution is 7.98. The Morgan fingerprint density at radius 2 is 2.33 bits per heavy atom. The number of nitrogens with one attached hydrogen (secondary N) is 2. The highest BCUT2D eigenvalue weighted by atomic mass is 32.2. The van der Waals surface area contributed by atoms with Gasteiger partial charge in [0.1, 0.15) is 0 Å². The van der Waals surface area contributed by atoms with E-state index in [0.717, 1.165) is 25.9 Å². The summed E-state index contributed by atoms with van der Waals surface area (Å²) in [6, 6.07) is 0.305. The number of piperidine rings is 1. The van der Waals surface area contributed by atoms with E-state index < -0.39 is 5.60 Å². The molecule has 1 unspecified atom stereocenters. The lowest BCUT2D eigenvalue weighted by atomic mass is 10.1. The largest absolute Gasteiger partial charge is 0.387 e. The number of nitrogens with zero attached hydrogens (tertiary/aromatic N) is 3. The summed E-state index contributed by atoms with van der Waals surface area (Å²) in [7, 11) is 0. The molecule has 21 heavy (non-hydrogen) atoms. The van der Waals surface area contributed by atoms with Gasteiger partial charge in [0, 0.05) is 12.3 Å². The van der Waals surface area contributed by atoms with Crippen molar-refractivity contribution in [2.75, 3.05) is 31.6 Å². The van der Waals surface area contributed by atoms with E-state index in [1.807, 2.05) is 6.26 Å². The second-order valence-electron chi connectivity index (χ2n) is 5.68. The Hall–Kier alpha value is -1.12. The van der Waals surface area contributed by atoms with Gasteiger partial charge in [-0.3, -0.25) is 4.79 Å². The Labute approximate surface area is 128 Å². The average Bonchev–Trinajstić information content (AvgIpc) is 2.96. The Morgan fingerprint density at radius 1 is 1.62 bits per heavy atom. The van der Waals surface area contributed by atoms with Crippen molar-refractivity contribution in [1.82, 2.24) is 25.6 Å². The lowest BCUT2D eigenvalue weighted by Gasteiger charge is -2.22. The number of amides is 1. The molecule has 1 aromatic rings. The van der Waals surface area contributed by atoms with E-state index in [-0.39, 0.29) is 12.5 Å². The van der Waals surface area contributed by atoms with Gasteiger partial charge in [-0.05, 0) is 39.1 Å². The predicted octanol–water partition coefficient (Wildman–Crippen LogP) is 0.0464. The average molecular weight is 313 g/mol. The molecule has 0 radical (unpaired) electrons. The van der Waals surface area contributed by atoms with E-state index in [4.69, 9.17) is 0 Å². The van der Waals surface area contributed by atoms with Gasteiger partial charge in [0.15, 0.2) is 5.69 Å². The minimum absolute atomic E-state index is 0.201. The number of aliphatic hydroxyl groups is 1. The monoisotopic (exact) mass is 313 g/mol. The number of rotatable bonds is 6. The molecule has 1 fully saturated rings. The van der Waals surface area contributed by atoms with Crippen molar-refractivity contribution in [2.45, 2.75) is 31.4 Å². The Bertz CT molecular complexity index is 471. The molecule has 7 nitrogen and oxygen atoms in total. The molecule has 1 amide bonds. The molecule has 2 rings (SSSR count). The molecule has 118 valence electrons. The predicted molar refractivity (Wildman–Crippen MR) is 82.5 cm³/mol. The Kier molecular flexibility index (Phi) is 5.60. The summed E-state index contributed by atoms with van der Waals surface area (Å²) >= 11 is 1.54. The summed E-state index contributed by atoms with van der Waals surface area (Å²) in [6.07, 6.45) is 5.59. The van der Waals surface area contributed by atoms with Crippen molar-refractivity contribution >= 4 is 17.7 Å².